The lowest BCUT2D eigenvalue weighted by Gasteiger charge is -2.00. The second-order valence-corrected chi connectivity index (χ2v) is 5.80. The molecule has 0 bridgehead atoms. The predicted octanol–water partition coefficient (Wildman–Crippen LogP) is 3.86. The standard InChI is InChI=1S/C19H15N3O2/c1-11-7-8-13(9-12(11)2)18-21-19(24-22-18)15-10-20-16-6-4-3-5-14(16)17(15)23/h3-10H,1-2H3,(H,20,23). The van der Waals surface area contributed by atoms with Crippen molar-refractivity contribution in [3.05, 3.63) is 70.0 Å². The first kappa shape index (κ1) is 14.4. The molecule has 0 saturated heterocycles. The highest BCUT2D eigenvalue weighted by molar-refractivity contribution is 5.82. The average Bonchev–Trinajstić information content (AvgIpc) is 3.08. The Kier molecular flexibility index (Phi) is 3.27. The fraction of sp³-hybridized carbons (Fsp3) is 0.105. The van der Waals surface area contributed by atoms with Crippen molar-refractivity contribution in [2.45, 2.75) is 13.8 Å². The van der Waals surface area contributed by atoms with Gasteiger partial charge in [0, 0.05) is 22.7 Å². The monoisotopic (exact) mass is 317 g/mol. The number of nitrogens with zero attached hydrogens (tertiary/aromatic N) is 2. The molecule has 4 aromatic rings. The number of rotatable bonds is 2. The van der Waals surface area contributed by atoms with Crippen LogP contribution in [0, 0.1) is 13.8 Å². The van der Waals surface area contributed by atoms with E-state index in [9.17, 15) is 4.79 Å². The van der Waals surface area contributed by atoms with E-state index < -0.39 is 0 Å². The molecule has 0 atom stereocenters. The van der Waals surface area contributed by atoms with E-state index in [2.05, 4.69) is 22.0 Å². The van der Waals surface area contributed by atoms with E-state index in [1.54, 1.807) is 12.3 Å². The first-order valence-corrected chi connectivity index (χ1v) is 7.65. The second kappa shape index (κ2) is 5.45. The zero-order valence-electron chi connectivity index (χ0n) is 13.3. The van der Waals surface area contributed by atoms with Gasteiger partial charge in [0.1, 0.15) is 5.56 Å². The lowest BCUT2D eigenvalue weighted by molar-refractivity contribution is 0.432. The van der Waals surface area contributed by atoms with Crippen LogP contribution in [-0.2, 0) is 0 Å². The van der Waals surface area contributed by atoms with E-state index in [1.807, 2.05) is 43.3 Å². The Balaban J connectivity index is 1.82. The Bertz CT molecular complexity index is 1110. The third kappa shape index (κ3) is 2.31. The van der Waals surface area contributed by atoms with E-state index in [4.69, 9.17) is 4.52 Å². The molecule has 0 aliphatic heterocycles. The van der Waals surface area contributed by atoms with Gasteiger partial charge in [-0.05, 0) is 43.2 Å². The Labute approximate surface area is 138 Å². The summed E-state index contributed by atoms with van der Waals surface area (Å²) < 4.78 is 5.32. The third-order valence-electron chi connectivity index (χ3n) is 4.21. The van der Waals surface area contributed by atoms with Crippen molar-refractivity contribution in [2.24, 2.45) is 0 Å². The summed E-state index contributed by atoms with van der Waals surface area (Å²) >= 11 is 0. The molecule has 24 heavy (non-hydrogen) atoms. The SMILES string of the molecule is Cc1ccc(-c2noc(-c3c[nH]c4ccccc4c3=O)n2)cc1C. The van der Waals surface area contributed by atoms with Gasteiger partial charge in [-0.1, -0.05) is 29.4 Å². The van der Waals surface area contributed by atoms with E-state index in [0.29, 0.717) is 16.8 Å². The van der Waals surface area contributed by atoms with Crippen molar-refractivity contribution in [3.8, 4) is 22.8 Å². The molecule has 2 aromatic carbocycles. The van der Waals surface area contributed by atoms with Crippen LogP contribution in [0.15, 0.2) is 58.0 Å². The highest BCUT2D eigenvalue weighted by Gasteiger charge is 2.15. The molecular formula is C19H15N3O2. The van der Waals surface area contributed by atoms with Gasteiger partial charge >= 0.3 is 0 Å². The van der Waals surface area contributed by atoms with Crippen molar-refractivity contribution in [1.82, 2.24) is 15.1 Å². The molecule has 0 aliphatic carbocycles. The number of para-hydroxylation sites is 1. The smallest absolute Gasteiger partial charge is 0.263 e. The molecule has 0 saturated carbocycles. The minimum atomic E-state index is -0.125. The molecule has 2 aromatic heterocycles. The van der Waals surface area contributed by atoms with E-state index >= 15 is 0 Å². The van der Waals surface area contributed by atoms with Gasteiger partial charge in [0.25, 0.3) is 5.89 Å². The summed E-state index contributed by atoms with van der Waals surface area (Å²) in [5.74, 6) is 0.691. The number of benzene rings is 2. The molecule has 118 valence electrons. The zero-order chi connectivity index (χ0) is 16.7. The van der Waals surface area contributed by atoms with Crippen molar-refractivity contribution in [2.75, 3.05) is 0 Å². The van der Waals surface area contributed by atoms with E-state index in [1.165, 1.54) is 5.56 Å². The van der Waals surface area contributed by atoms with Gasteiger partial charge in [-0.3, -0.25) is 4.79 Å². The van der Waals surface area contributed by atoms with Crippen LogP contribution in [0.5, 0.6) is 0 Å². The maximum Gasteiger partial charge on any atom is 0.263 e. The van der Waals surface area contributed by atoms with Crippen LogP contribution in [0.3, 0.4) is 0 Å². The number of hydrogen-bond donors (Lipinski definition) is 1. The molecule has 5 nitrogen and oxygen atoms in total. The average molecular weight is 317 g/mol. The molecule has 4 rings (SSSR count). The van der Waals surface area contributed by atoms with Crippen molar-refractivity contribution < 1.29 is 4.52 Å². The number of aryl methyl sites for hydroxylation is 2. The van der Waals surface area contributed by atoms with E-state index in [-0.39, 0.29) is 11.3 Å². The third-order valence-corrected chi connectivity index (χ3v) is 4.21. The van der Waals surface area contributed by atoms with Gasteiger partial charge < -0.3 is 9.51 Å². The number of fused-ring (bicyclic) bond motifs is 1. The van der Waals surface area contributed by atoms with Crippen molar-refractivity contribution in [3.63, 3.8) is 0 Å². The molecule has 0 spiro atoms. The Morgan fingerprint density at radius 1 is 1.04 bits per heavy atom. The maximum absolute atomic E-state index is 12.6. The zero-order valence-corrected chi connectivity index (χ0v) is 13.3. The van der Waals surface area contributed by atoms with Crippen molar-refractivity contribution in [1.29, 1.82) is 0 Å². The molecule has 0 fully saturated rings. The molecule has 5 heteroatoms. The number of hydrogen-bond acceptors (Lipinski definition) is 4. The first-order chi connectivity index (χ1) is 11.6. The number of pyridine rings is 1. The Hall–Kier alpha value is -3.21. The summed E-state index contributed by atoms with van der Waals surface area (Å²) in [5.41, 5.74) is 4.25. The van der Waals surface area contributed by atoms with Crippen LogP contribution in [0.1, 0.15) is 11.1 Å². The summed E-state index contributed by atoms with van der Waals surface area (Å²) in [5, 5.41) is 4.61. The lowest BCUT2D eigenvalue weighted by atomic mass is 10.1. The van der Waals surface area contributed by atoms with Crippen molar-refractivity contribution >= 4 is 10.9 Å². The Morgan fingerprint density at radius 3 is 2.71 bits per heavy atom. The summed E-state index contributed by atoms with van der Waals surface area (Å²) in [7, 11) is 0. The van der Waals surface area contributed by atoms with Gasteiger partial charge in [-0.2, -0.15) is 4.98 Å². The first-order valence-electron chi connectivity index (χ1n) is 7.65. The van der Waals surface area contributed by atoms with Gasteiger partial charge in [0.15, 0.2) is 0 Å². The summed E-state index contributed by atoms with van der Waals surface area (Å²) in [6.07, 6.45) is 1.61. The molecule has 0 radical (unpaired) electrons. The Morgan fingerprint density at radius 2 is 1.88 bits per heavy atom. The fourth-order valence-electron chi connectivity index (χ4n) is 2.66. The van der Waals surface area contributed by atoms with Crippen LogP contribution < -0.4 is 5.43 Å². The van der Waals surface area contributed by atoms with Crippen LogP contribution in [0.2, 0.25) is 0 Å². The van der Waals surface area contributed by atoms with Crippen LogP contribution in [0.4, 0.5) is 0 Å². The summed E-state index contributed by atoms with van der Waals surface area (Å²) in [6, 6.07) is 13.3. The van der Waals surface area contributed by atoms with Gasteiger partial charge in [0.05, 0.1) is 0 Å². The van der Waals surface area contributed by atoms with Gasteiger partial charge in [-0.25, -0.2) is 0 Å². The van der Waals surface area contributed by atoms with E-state index in [0.717, 1.165) is 16.6 Å². The topological polar surface area (TPSA) is 71.8 Å². The van der Waals surface area contributed by atoms with Crippen LogP contribution in [0.25, 0.3) is 33.7 Å². The number of aromatic amines is 1. The number of aromatic nitrogens is 3. The van der Waals surface area contributed by atoms with Gasteiger partial charge in [0.2, 0.25) is 11.3 Å². The predicted molar refractivity (Wildman–Crippen MR) is 92.8 cm³/mol. The lowest BCUT2D eigenvalue weighted by Crippen LogP contribution is -2.06. The molecule has 2 heterocycles. The largest absolute Gasteiger partial charge is 0.360 e. The molecule has 1 N–H and O–H groups in total. The molecule has 0 amide bonds. The van der Waals surface area contributed by atoms with Crippen LogP contribution >= 0.6 is 0 Å². The molecular weight excluding hydrogens is 302 g/mol. The maximum atomic E-state index is 12.6. The van der Waals surface area contributed by atoms with Gasteiger partial charge in [-0.15, -0.1) is 0 Å². The van der Waals surface area contributed by atoms with Crippen LogP contribution in [-0.4, -0.2) is 15.1 Å². The quantitative estimate of drug-likeness (QED) is 0.609. The normalized spacial score (nSPS) is 11.1. The number of nitrogens with one attached hydrogen (secondary N) is 1. The second-order valence-electron chi connectivity index (χ2n) is 5.80. The highest BCUT2D eigenvalue weighted by Crippen LogP contribution is 2.23. The summed E-state index contributed by atoms with van der Waals surface area (Å²) in [4.78, 5) is 20.1. The molecule has 0 aliphatic rings. The minimum Gasteiger partial charge on any atom is -0.360 e. The molecule has 0 unspecified atom stereocenters. The minimum absolute atomic E-state index is 0.125. The fourth-order valence-corrected chi connectivity index (χ4v) is 2.66. The number of H-pyrrole nitrogens is 1. The highest BCUT2D eigenvalue weighted by atomic mass is 16.5. The summed E-state index contributed by atoms with van der Waals surface area (Å²) in [6.45, 7) is 4.09.